The van der Waals surface area contributed by atoms with Crippen LogP contribution in [0.1, 0.15) is 97.8 Å². The Hall–Kier alpha value is -0.520. The minimum absolute atomic E-state index is 1.26. The molecule has 0 aromatic heterocycles. The van der Waals surface area contributed by atoms with Gasteiger partial charge >= 0.3 is 0 Å². The van der Waals surface area contributed by atoms with E-state index in [4.69, 9.17) is 0 Å². The molecule has 0 unspecified atom stereocenters. The average molecular weight is 264 g/mol. The number of allylic oxidation sites excluding steroid dienone is 4. The molecule has 0 spiro atoms. The fourth-order valence-corrected chi connectivity index (χ4v) is 2.26. The Kier molecular flexibility index (Phi) is 15.1. The van der Waals surface area contributed by atoms with Gasteiger partial charge in [-0.1, -0.05) is 89.0 Å². The molecule has 0 saturated carbocycles. The predicted molar refractivity (Wildman–Crippen MR) is 89.6 cm³/mol. The molecule has 0 heteroatoms. The number of hydrogen-bond acceptors (Lipinski definition) is 0. The zero-order chi connectivity index (χ0) is 14.2. The van der Waals surface area contributed by atoms with E-state index < -0.39 is 0 Å². The first-order valence-electron chi connectivity index (χ1n) is 8.63. The van der Waals surface area contributed by atoms with Crippen molar-refractivity contribution in [1.29, 1.82) is 0 Å². The molecule has 0 heterocycles. The molecule has 0 aliphatic rings. The highest BCUT2D eigenvalue weighted by atomic mass is 14.0. The SMILES string of the molecule is CCCCCCCCCC/C=C/C=C(\C)CCCC. The number of hydrogen-bond donors (Lipinski definition) is 0. The van der Waals surface area contributed by atoms with Crippen LogP contribution in [0.25, 0.3) is 0 Å². The van der Waals surface area contributed by atoms with Crippen molar-refractivity contribution in [3.8, 4) is 0 Å². The third-order valence-corrected chi connectivity index (χ3v) is 3.67. The van der Waals surface area contributed by atoms with Crippen molar-refractivity contribution in [2.24, 2.45) is 0 Å². The van der Waals surface area contributed by atoms with Gasteiger partial charge in [-0.2, -0.15) is 0 Å². The summed E-state index contributed by atoms with van der Waals surface area (Å²) in [7, 11) is 0. The Morgan fingerprint density at radius 3 is 1.95 bits per heavy atom. The van der Waals surface area contributed by atoms with Gasteiger partial charge in [0, 0.05) is 0 Å². The van der Waals surface area contributed by atoms with Crippen molar-refractivity contribution in [2.75, 3.05) is 0 Å². The summed E-state index contributed by atoms with van der Waals surface area (Å²) in [5.74, 6) is 0. The van der Waals surface area contributed by atoms with E-state index in [0.717, 1.165) is 0 Å². The van der Waals surface area contributed by atoms with E-state index in [2.05, 4.69) is 39.0 Å². The van der Waals surface area contributed by atoms with Gasteiger partial charge in [0.05, 0.1) is 0 Å². The summed E-state index contributed by atoms with van der Waals surface area (Å²) in [6.07, 6.45) is 23.4. The molecule has 0 rings (SSSR count). The van der Waals surface area contributed by atoms with Crippen molar-refractivity contribution in [2.45, 2.75) is 97.8 Å². The molecule has 0 fully saturated rings. The minimum atomic E-state index is 1.26. The van der Waals surface area contributed by atoms with Gasteiger partial charge in [0.15, 0.2) is 0 Å². The van der Waals surface area contributed by atoms with Gasteiger partial charge in [0.25, 0.3) is 0 Å². The van der Waals surface area contributed by atoms with Gasteiger partial charge < -0.3 is 0 Å². The van der Waals surface area contributed by atoms with Crippen LogP contribution < -0.4 is 0 Å². The molecule has 0 radical (unpaired) electrons. The lowest BCUT2D eigenvalue weighted by molar-refractivity contribution is 0.577. The van der Waals surface area contributed by atoms with Crippen LogP contribution in [-0.4, -0.2) is 0 Å². The van der Waals surface area contributed by atoms with Crippen LogP contribution in [-0.2, 0) is 0 Å². The first-order chi connectivity index (χ1) is 9.31. The first kappa shape index (κ1) is 18.5. The highest BCUT2D eigenvalue weighted by Gasteiger charge is 1.90. The molecule has 0 aromatic carbocycles. The zero-order valence-electron chi connectivity index (χ0n) is 13.7. The lowest BCUT2D eigenvalue weighted by Crippen LogP contribution is -1.80. The summed E-state index contributed by atoms with van der Waals surface area (Å²) in [4.78, 5) is 0. The summed E-state index contributed by atoms with van der Waals surface area (Å²) in [6.45, 7) is 6.78. The Labute approximate surface area is 122 Å². The van der Waals surface area contributed by atoms with Crippen LogP contribution in [0.2, 0.25) is 0 Å². The quantitative estimate of drug-likeness (QED) is 0.243. The van der Waals surface area contributed by atoms with Crippen LogP contribution in [0.15, 0.2) is 23.8 Å². The maximum absolute atomic E-state index is 2.34. The Bertz CT molecular complexity index is 222. The standard InChI is InChI=1S/C19H36/c1-4-6-8-9-10-11-12-13-14-15-16-18-19(3)17-7-5-2/h15-16,18H,4-14,17H2,1-3H3/b16-15+,19-18+. The third kappa shape index (κ3) is 15.4. The van der Waals surface area contributed by atoms with E-state index in [-0.39, 0.29) is 0 Å². The van der Waals surface area contributed by atoms with Crippen molar-refractivity contribution >= 4 is 0 Å². The van der Waals surface area contributed by atoms with Gasteiger partial charge in [-0.3, -0.25) is 0 Å². The first-order valence-corrected chi connectivity index (χ1v) is 8.63. The van der Waals surface area contributed by atoms with E-state index in [9.17, 15) is 0 Å². The fourth-order valence-electron chi connectivity index (χ4n) is 2.26. The van der Waals surface area contributed by atoms with Gasteiger partial charge in [0.2, 0.25) is 0 Å². The van der Waals surface area contributed by atoms with Gasteiger partial charge in [-0.25, -0.2) is 0 Å². The van der Waals surface area contributed by atoms with E-state index >= 15 is 0 Å². The third-order valence-electron chi connectivity index (χ3n) is 3.67. The highest BCUT2D eigenvalue weighted by molar-refractivity contribution is 5.10. The van der Waals surface area contributed by atoms with Crippen molar-refractivity contribution in [1.82, 2.24) is 0 Å². The average Bonchev–Trinajstić information content (AvgIpc) is 2.42. The van der Waals surface area contributed by atoms with Crippen LogP contribution in [0.3, 0.4) is 0 Å². The van der Waals surface area contributed by atoms with Gasteiger partial charge in [-0.05, 0) is 32.6 Å². The monoisotopic (exact) mass is 264 g/mol. The summed E-state index contributed by atoms with van der Waals surface area (Å²) < 4.78 is 0. The smallest absolute Gasteiger partial charge is 0.0320 e. The lowest BCUT2D eigenvalue weighted by Gasteiger charge is -1.99. The second kappa shape index (κ2) is 15.5. The fraction of sp³-hybridized carbons (Fsp3) is 0.789. The van der Waals surface area contributed by atoms with E-state index in [1.807, 2.05) is 0 Å². The molecular weight excluding hydrogens is 228 g/mol. The molecule has 0 amide bonds. The molecule has 112 valence electrons. The maximum atomic E-state index is 2.34. The molecule has 0 aliphatic carbocycles. The molecule has 0 saturated heterocycles. The van der Waals surface area contributed by atoms with Crippen LogP contribution in [0, 0.1) is 0 Å². The molecule has 0 aliphatic heterocycles. The van der Waals surface area contributed by atoms with Crippen LogP contribution >= 0.6 is 0 Å². The van der Waals surface area contributed by atoms with Crippen molar-refractivity contribution in [3.05, 3.63) is 23.8 Å². The molecular formula is C19H36. The van der Waals surface area contributed by atoms with Crippen LogP contribution in [0.5, 0.6) is 0 Å². The molecule has 0 atom stereocenters. The highest BCUT2D eigenvalue weighted by Crippen LogP contribution is 2.10. The van der Waals surface area contributed by atoms with E-state index in [0.29, 0.717) is 0 Å². The minimum Gasteiger partial charge on any atom is -0.0845 e. The van der Waals surface area contributed by atoms with Crippen molar-refractivity contribution < 1.29 is 0 Å². The molecule has 0 N–H and O–H groups in total. The summed E-state index contributed by atoms with van der Waals surface area (Å²) in [5.41, 5.74) is 1.52. The van der Waals surface area contributed by atoms with E-state index in [1.165, 1.54) is 82.6 Å². The van der Waals surface area contributed by atoms with Crippen LogP contribution in [0.4, 0.5) is 0 Å². The summed E-state index contributed by atoms with van der Waals surface area (Å²) in [6, 6.07) is 0. The van der Waals surface area contributed by atoms with E-state index in [1.54, 1.807) is 0 Å². The van der Waals surface area contributed by atoms with Crippen molar-refractivity contribution in [3.63, 3.8) is 0 Å². The summed E-state index contributed by atoms with van der Waals surface area (Å²) in [5, 5.41) is 0. The maximum Gasteiger partial charge on any atom is -0.0320 e. The normalized spacial score (nSPS) is 12.5. The molecule has 0 aromatic rings. The topological polar surface area (TPSA) is 0 Å². The Balaban J connectivity index is 3.29. The largest absolute Gasteiger partial charge is 0.0845 e. The van der Waals surface area contributed by atoms with Gasteiger partial charge in [0.1, 0.15) is 0 Å². The molecule has 0 bridgehead atoms. The predicted octanol–water partition coefficient (Wildman–Crippen LogP) is 7.21. The second-order valence-electron chi connectivity index (χ2n) is 5.81. The zero-order valence-corrected chi connectivity index (χ0v) is 13.7. The molecule has 19 heavy (non-hydrogen) atoms. The molecule has 0 nitrogen and oxygen atoms in total. The number of rotatable bonds is 13. The second-order valence-corrected chi connectivity index (χ2v) is 5.81. The Morgan fingerprint density at radius 1 is 0.737 bits per heavy atom. The van der Waals surface area contributed by atoms with Gasteiger partial charge in [-0.15, -0.1) is 0 Å². The summed E-state index contributed by atoms with van der Waals surface area (Å²) >= 11 is 0. The Morgan fingerprint density at radius 2 is 1.32 bits per heavy atom. The lowest BCUT2D eigenvalue weighted by atomic mass is 10.1. The number of unbranched alkanes of at least 4 members (excludes halogenated alkanes) is 9.